The molecule has 24 heavy (non-hydrogen) atoms. The van der Waals surface area contributed by atoms with Crippen LogP contribution in [0.25, 0.3) is 10.9 Å². The molecule has 0 spiro atoms. The van der Waals surface area contributed by atoms with Crippen molar-refractivity contribution in [2.75, 3.05) is 20.3 Å². The highest BCUT2D eigenvalue weighted by Gasteiger charge is 2.28. The van der Waals surface area contributed by atoms with Crippen LogP contribution in [0.2, 0.25) is 0 Å². The van der Waals surface area contributed by atoms with Crippen molar-refractivity contribution in [3.63, 3.8) is 0 Å². The zero-order valence-corrected chi connectivity index (χ0v) is 15.0. The fourth-order valence-electron chi connectivity index (χ4n) is 2.79. The van der Waals surface area contributed by atoms with Crippen LogP contribution in [0.15, 0.2) is 30.3 Å². The number of nitrogens with zero attached hydrogens (tertiary/aromatic N) is 1. The lowest BCUT2D eigenvalue weighted by Gasteiger charge is -2.29. The second-order valence-electron chi connectivity index (χ2n) is 6.58. The first-order valence-corrected chi connectivity index (χ1v) is 8.48. The van der Waals surface area contributed by atoms with E-state index in [9.17, 15) is 9.90 Å². The molecule has 0 saturated carbocycles. The normalized spacial score (nSPS) is 15.2. The SMILES string of the molecule is CCC(C)C(C)(O)CNC(=O)c1cc2ccccc2n1CCOC. The molecule has 1 aromatic carbocycles. The van der Waals surface area contributed by atoms with Gasteiger partial charge in [0.1, 0.15) is 5.69 Å². The lowest BCUT2D eigenvalue weighted by atomic mass is 9.88. The molecule has 0 aliphatic carbocycles. The van der Waals surface area contributed by atoms with E-state index in [2.05, 4.69) is 5.32 Å². The Balaban J connectivity index is 2.22. The van der Waals surface area contributed by atoms with Crippen LogP contribution in [-0.2, 0) is 11.3 Å². The zero-order valence-electron chi connectivity index (χ0n) is 15.0. The maximum Gasteiger partial charge on any atom is 0.268 e. The third-order valence-electron chi connectivity index (χ3n) is 4.84. The molecule has 0 bridgehead atoms. The summed E-state index contributed by atoms with van der Waals surface area (Å²) in [6.45, 7) is 7.15. The fraction of sp³-hybridized carbons (Fsp3) is 0.526. The molecule has 5 nitrogen and oxygen atoms in total. The number of para-hydroxylation sites is 1. The van der Waals surface area contributed by atoms with Gasteiger partial charge in [-0.25, -0.2) is 0 Å². The standard InChI is InChI=1S/C19H28N2O3/c1-5-14(2)19(3,23)13-20-18(22)17-12-15-8-6-7-9-16(15)21(17)10-11-24-4/h6-9,12,14,23H,5,10-11,13H2,1-4H3,(H,20,22). The Bertz CT molecular complexity index is 691. The molecule has 1 aromatic heterocycles. The summed E-state index contributed by atoms with van der Waals surface area (Å²) in [6.07, 6.45) is 0.858. The van der Waals surface area contributed by atoms with Crippen LogP contribution in [0.5, 0.6) is 0 Å². The molecule has 132 valence electrons. The van der Waals surface area contributed by atoms with Gasteiger partial charge in [0.25, 0.3) is 5.91 Å². The predicted octanol–water partition coefficient (Wildman–Crippen LogP) is 2.81. The Labute approximate surface area is 143 Å². The molecule has 0 radical (unpaired) electrons. The number of nitrogens with one attached hydrogen (secondary N) is 1. The summed E-state index contributed by atoms with van der Waals surface area (Å²) in [5.74, 6) is -0.0666. The number of benzene rings is 1. The summed E-state index contributed by atoms with van der Waals surface area (Å²) < 4.78 is 7.13. The number of rotatable bonds is 8. The lowest BCUT2D eigenvalue weighted by molar-refractivity contribution is 0.00583. The summed E-state index contributed by atoms with van der Waals surface area (Å²) in [7, 11) is 1.65. The maximum atomic E-state index is 12.7. The van der Waals surface area contributed by atoms with Gasteiger partial charge in [0, 0.05) is 31.1 Å². The predicted molar refractivity (Wildman–Crippen MR) is 96.2 cm³/mol. The molecule has 5 heteroatoms. The molecule has 2 unspecified atom stereocenters. The average Bonchev–Trinajstić information content (AvgIpc) is 2.95. The van der Waals surface area contributed by atoms with E-state index in [1.165, 1.54) is 0 Å². The van der Waals surface area contributed by atoms with Crippen molar-refractivity contribution in [3.8, 4) is 0 Å². The summed E-state index contributed by atoms with van der Waals surface area (Å²) in [4.78, 5) is 12.7. The largest absolute Gasteiger partial charge is 0.388 e. The van der Waals surface area contributed by atoms with Crippen LogP contribution in [0.1, 0.15) is 37.7 Å². The highest BCUT2D eigenvalue weighted by Crippen LogP contribution is 2.21. The third kappa shape index (κ3) is 3.97. The van der Waals surface area contributed by atoms with Crippen molar-refractivity contribution < 1.29 is 14.6 Å². The summed E-state index contributed by atoms with van der Waals surface area (Å²) in [5, 5.41) is 14.4. The van der Waals surface area contributed by atoms with Gasteiger partial charge in [0.05, 0.1) is 12.2 Å². The van der Waals surface area contributed by atoms with Gasteiger partial charge in [0.2, 0.25) is 0 Å². The van der Waals surface area contributed by atoms with Crippen LogP contribution >= 0.6 is 0 Å². The number of methoxy groups -OCH3 is 1. The zero-order chi connectivity index (χ0) is 17.7. The maximum absolute atomic E-state index is 12.7. The Morgan fingerprint density at radius 2 is 2.12 bits per heavy atom. The van der Waals surface area contributed by atoms with Crippen molar-refractivity contribution in [1.82, 2.24) is 9.88 Å². The van der Waals surface area contributed by atoms with Crippen molar-refractivity contribution in [1.29, 1.82) is 0 Å². The number of hydrogen-bond donors (Lipinski definition) is 2. The van der Waals surface area contributed by atoms with Crippen LogP contribution < -0.4 is 5.32 Å². The summed E-state index contributed by atoms with van der Waals surface area (Å²) in [5.41, 5.74) is 0.676. The van der Waals surface area contributed by atoms with Gasteiger partial charge in [-0.15, -0.1) is 0 Å². The molecule has 1 amide bonds. The fourth-order valence-corrected chi connectivity index (χ4v) is 2.79. The van der Waals surface area contributed by atoms with Crippen molar-refractivity contribution in [3.05, 3.63) is 36.0 Å². The van der Waals surface area contributed by atoms with Gasteiger partial charge < -0.3 is 19.7 Å². The minimum Gasteiger partial charge on any atom is -0.388 e. The Morgan fingerprint density at radius 3 is 2.79 bits per heavy atom. The van der Waals surface area contributed by atoms with Crippen molar-refractivity contribution in [2.45, 2.75) is 39.3 Å². The van der Waals surface area contributed by atoms with Crippen LogP contribution in [0.4, 0.5) is 0 Å². The van der Waals surface area contributed by atoms with Gasteiger partial charge in [-0.3, -0.25) is 4.79 Å². The van der Waals surface area contributed by atoms with Crippen molar-refractivity contribution in [2.24, 2.45) is 5.92 Å². The van der Waals surface area contributed by atoms with E-state index < -0.39 is 5.60 Å². The second kappa shape index (κ2) is 7.81. The minimum atomic E-state index is -0.923. The molecule has 2 atom stereocenters. The second-order valence-corrected chi connectivity index (χ2v) is 6.58. The van der Waals surface area contributed by atoms with E-state index in [1.807, 2.05) is 48.7 Å². The quantitative estimate of drug-likeness (QED) is 0.781. The highest BCUT2D eigenvalue weighted by atomic mass is 16.5. The lowest BCUT2D eigenvalue weighted by Crippen LogP contribution is -2.45. The monoisotopic (exact) mass is 332 g/mol. The van der Waals surface area contributed by atoms with E-state index in [-0.39, 0.29) is 18.4 Å². The molecular formula is C19H28N2O3. The van der Waals surface area contributed by atoms with Gasteiger partial charge in [0.15, 0.2) is 0 Å². The first-order valence-electron chi connectivity index (χ1n) is 8.48. The molecule has 1 heterocycles. The number of ether oxygens (including phenoxy) is 1. The Morgan fingerprint density at radius 1 is 1.42 bits per heavy atom. The number of carbonyl (C=O) groups is 1. The van der Waals surface area contributed by atoms with Gasteiger partial charge in [-0.1, -0.05) is 38.5 Å². The van der Waals surface area contributed by atoms with E-state index in [1.54, 1.807) is 14.0 Å². The first-order chi connectivity index (χ1) is 11.4. The third-order valence-corrected chi connectivity index (χ3v) is 4.84. The number of aliphatic hydroxyl groups is 1. The van der Waals surface area contributed by atoms with Crippen molar-refractivity contribution >= 4 is 16.8 Å². The molecule has 2 N–H and O–H groups in total. The van der Waals surface area contributed by atoms with E-state index in [0.29, 0.717) is 18.8 Å². The number of fused-ring (bicyclic) bond motifs is 1. The molecule has 2 rings (SSSR count). The number of aromatic nitrogens is 1. The molecule has 0 fully saturated rings. The van der Waals surface area contributed by atoms with E-state index >= 15 is 0 Å². The minimum absolute atomic E-state index is 0.108. The van der Waals surface area contributed by atoms with E-state index in [0.717, 1.165) is 17.3 Å². The smallest absolute Gasteiger partial charge is 0.268 e. The Hall–Kier alpha value is -1.85. The van der Waals surface area contributed by atoms with Gasteiger partial charge >= 0.3 is 0 Å². The summed E-state index contributed by atoms with van der Waals surface area (Å²) in [6, 6.07) is 9.79. The van der Waals surface area contributed by atoms with Gasteiger partial charge in [-0.2, -0.15) is 0 Å². The molecule has 2 aromatic rings. The molecule has 0 saturated heterocycles. The Kier molecular flexibility index (Phi) is 6.02. The number of carbonyl (C=O) groups excluding carboxylic acids is 1. The van der Waals surface area contributed by atoms with Gasteiger partial charge in [-0.05, 0) is 25.0 Å². The number of hydrogen-bond acceptors (Lipinski definition) is 3. The summed E-state index contributed by atoms with van der Waals surface area (Å²) >= 11 is 0. The average molecular weight is 332 g/mol. The van der Waals surface area contributed by atoms with Crippen LogP contribution in [-0.4, -0.2) is 41.4 Å². The highest BCUT2D eigenvalue weighted by molar-refractivity contribution is 5.98. The topological polar surface area (TPSA) is 63.5 Å². The molecular weight excluding hydrogens is 304 g/mol. The molecule has 0 aliphatic heterocycles. The molecule has 0 aliphatic rings. The first kappa shape index (κ1) is 18.5. The van der Waals surface area contributed by atoms with Crippen LogP contribution in [0.3, 0.4) is 0 Å². The number of amides is 1. The van der Waals surface area contributed by atoms with Crippen LogP contribution in [0, 0.1) is 5.92 Å². The van der Waals surface area contributed by atoms with E-state index in [4.69, 9.17) is 4.74 Å².